The molecule has 0 aromatic carbocycles. The number of fused-ring (bicyclic) bond motifs is 8. The van der Waals surface area contributed by atoms with Crippen LogP contribution in [0.3, 0.4) is 0 Å². The van der Waals surface area contributed by atoms with Crippen LogP contribution in [-0.2, 0) is 52.1 Å². The number of hydrogen-bond donors (Lipinski definition) is 5. The number of carbonyl (C=O) groups is 4. The Hall–Kier alpha value is -4.12. The Balaban J connectivity index is 0.00000341. The number of allylic oxidation sites excluding steroid dienone is 4. The summed E-state index contributed by atoms with van der Waals surface area (Å²) < 4.78 is 10.1. The molecule has 335 valence electrons. The molecule has 2 amide bonds. The molecule has 1 unspecified atom stereocenters. The van der Waals surface area contributed by atoms with E-state index in [1.807, 2.05) is 58.0 Å². The van der Waals surface area contributed by atoms with E-state index in [1.54, 1.807) is 13.1 Å². The summed E-state index contributed by atoms with van der Waals surface area (Å²) >= 11 is 0. The number of amides is 2. The third-order valence-electron chi connectivity index (χ3n) is 10.8. The van der Waals surface area contributed by atoms with Gasteiger partial charge in [-0.25, -0.2) is 19.7 Å². The maximum absolute atomic E-state index is 13.3. The molecule has 2 aliphatic rings. The van der Waals surface area contributed by atoms with Crippen molar-refractivity contribution in [3.05, 3.63) is 101 Å². The molecule has 5 N–H and O–H groups in total. The van der Waals surface area contributed by atoms with Gasteiger partial charge in [0, 0.05) is 64.3 Å². The van der Waals surface area contributed by atoms with Crippen molar-refractivity contribution in [1.82, 2.24) is 40.5 Å². The smallest absolute Gasteiger partial charge is 1.00 e. The Morgan fingerprint density at radius 3 is 1.83 bits per heavy atom. The average molecular weight is 1240 g/mol. The van der Waals surface area contributed by atoms with Gasteiger partial charge in [0.25, 0.3) is 0 Å². The monoisotopic (exact) mass is 1240 g/mol. The predicted octanol–water partition coefficient (Wildman–Crippen LogP) is -2.05. The number of nitrogens with zero attached hydrogens (tertiary/aromatic N) is 3. The minimum absolute atomic E-state index is 0. The summed E-state index contributed by atoms with van der Waals surface area (Å²) in [5, 5.41) is 5.31. The fourth-order valence-electron chi connectivity index (χ4n) is 7.47. The zero-order valence-electron chi connectivity index (χ0n) is 35.8. The number of imidazole rings is 1. The van der Waals surface area contributed by atoms with Crippen LogP contribution in [0.5, 0.6) is 0 Å². The first-order chi connectivity index (χ1) is 28.3. The molecule has 6 rings (SSSR count). The van der Waals surface area contributed by atoms with Crippen LogP contribution in [0.25, 0.3) is 56.5 Å². The molecule has 1 atom stereocenters. The van der Waals surface area contributed by atoms with Crippen LogP contribution < -0.4 is 82.6 Å². The largest absolute Gasteiger partial charge is 3.00 e. The van der Waals surface area contributed by atoms with E-state index in [9.17, 15) is 19.2 Å². The molecule has 0 saturated heterocycles. The number of aromatic amines is 3. The summed E-state index contributed by atoms with van der Waals surface area (Å²) in [4.78, 5) is 75.3. The Labute approximate surface area is 428 Å². The maximum Gasteiger partial charge on any atom is 3.00 e. The Morgan fingerprint density at radius 1 is 0.762 bits per heavy atom. The number of hydrogen-bond acceptors (Lipinski definition) is 9. The molecule has 1 radical (unpaired) electrons. The first-order valence-electron chi connectivity index (χ1n) is 19.5. The molecular formula is C45H50FeI3N8O6. The average Bonchev–Trinajstić information content (AvgIpc) is 4.02. The Morgan fingerprint density at radius 2 is 1.30 bits per heavy atom. The molecule has 63 heavy (non-hydrogen) atoms. The fraction of sp³-hybridized carbons (Fsp3) is 0.311. The van der Waals surface area contributed by atoms with Gasteiger partial charge >= 0.3 is 29.0 Å². The van der Waals surface area contributed by atoms with Gasteiger partial charge in [0.15, 0.2) is 0 Å². The first-order valence-corrected chi connectivity index (χ1v) is 19.5. The zero-order chi connectivity index (χ0) is 42.4. The van der Waals surface area contributed by atoms with Crippen LogP contribution in [-0.4, -0.2) is 80.0 Å². The van der Waals surface area contributed by atoms with Crippen molar-refractivity contribution in [1.29, 1.82) is 0 Å². The molecule has 0 fully saturated rings. The summed E-state index contributed by atoms with van der Waals surface area (Å²) in [5.74, 6) is -1.82. The molecular weight excluding hydrogens is 1190 g/mol. The zero-order valence-corrected chi connectivity index (χ0v) is 43.4. The standard InChI is InChI=1S/C45H50N8O6.Fe.3HI/c1-9-29-24(4)33-17-34-27(7)32(13-15-44(56)59-11-3)40(51-34)20-39-31(26(6)36(52-39)19-38-30(10-2)25(5)35(50-38)18-37(29)49-33)12-14-42(54)47-22-43(55)53-41(45(57)58-8)16-28-21-46-23-48-28;;;;/h9-10,17-21,23,41,49-50H,1-2,11-16,22H2,3-8H3,(H,46,48)(H,47,54)(H,53,55);;3*1H/q;+3;;;/p-3. The van der Waals surface area contributed by atoms with Gasteiger partial charge in [-0.15, -0.1) is 0 Å². The molecule has 0 saturated carbocycles. The summed E-state index contributed by atoms with van der Waals surface area (Å²) in [7, 11) is 1.24. The van der Waals surface area contributed by atoms with Crippen LogP contribution in [0.4, 0.5) is 0 Å². The van der Waals surface area contributed by atoms with Crippen molar-refractivity contribution >= 4 is 80.3 Å². The van der Waals surface area contributed by atoms with E-state index < -0.39 is 17.9 Å². The number of H-pyrrole nitrogens is 3. The van der Waals surface area contributed by atoms with E-state index in [0.29, 0.717) is 42.2 Å². The van der Waals surface area contributed by atoms with Crippen LogP contribution in [0.1, 0.15) is 97.2 Å². The van der Waals surface area contributed by atoms with Gasteiger partial charge < -0.3 is 107 Å². The van der Waals surface area contributed by atoms with E-state index >= 15 is 0 Å². The van der Waals surface area contributed by atoms with Gasteiger partial charge in [0.2, 0.25) is 11.8 Å². The van der Waals surface area contributed by atoms with Gasteiger partial charge in [-0.1, -0.05) is 25.3 Å². The second kappa shape index (κ2) is 24.8. The number of esters is 2. The predicted molar refractivity (Wildman–Crippen MR) is 230 cm³/mol. The summed E-state index contributed by atoms with van der Waals surface area (Å²) in [5.41, 5.74) is 14.4. The summed E-state index contributed by atoms with van der Waals surface area (Å²) in [6.07, 6.45) is 7.78. The summed E-state index contributed by atoms with van der Waals surface area (Å²) in [6.45, 7) is 18.0. The Bertz CT molecular complexity index is 2600. The summed E-state index contributed by atoms with van der Waals surface area (Å²) in [6, 6.07) is 7.03. The fourth-order valence-corrected chi connectivity index (χ4v) is 7.47. The Kier molecular flexibility index (Phi) is 21.7. The maximum atomic E-state index is 13.3. The minimum atomic E-state index is -0.962. The number of nitrogens with one attached hydrogen (secondary N) is 5. The molecule has 4 aromatic rings. The second-order valence-corrected chi connectivity index (χ2v) is 14.4. The molecule has 18 heteroatoms. The SMILES string of the molecule is C=Cc1c(C)c2cc3[nH]c(cc4nc(cc5nc(cc1[nH]2)C(C)=C5CCC(=O)NCC(=O)NC(Cc1cnc[nH]1)C(=O)OC)C(CCC(=O)OCC)=C4C)c(C)c3C=C.[Fe+3].[I-].[I-].[I-]. The molecule has 8 bridgehead atoms. The molecule has 14 nitrogen and oxygen atoms in total. The number of ether oxygens (including phenoxy) is 2. The third kappa shape index (κ3) is 12.8. The van der Waals surface area contributed by atoms with E-state index in [-0.39, 0.29) is 127 Å². The van der Waals surface area contributed by atoms with Crippen LogP contribution in [0.2, 0.25) is 0 Å². The molecule has 2 aliphatic heterocycles. The van der Waals surface area contributed by atoms with Gasteiger partial charge in [0.05, 0.1) is 49.4 Å². The third-order valence-corrected chi connectivity index (χ3v) is 10.8. The normalized spacial score (nSPS) is 12.1. The molecule has 4 aromatic heterocycles. The van der Waals surface area contributed by atoms with E-state index in [0.717, 1.165) is 72.3 Å². The van der Waals surface area contributed by atoms with Crippen molar-refractivity contribution in [2.75, 3.05) is 20.3 Å². The number of aromatic nitrogens is 6. The minimum Gasteiger partial charge on any atom is -1.00 e. The number of rotatable bonds is 15. The van der Waals surface area contributed by atoms with E-state index in [2.05, 4.69) is 49.8 Å². The number of methoxy groups -OCH3 is 1. The quantitative estimate of drug-likeness (QED) is 0.0506. The van der Waals surface area contributed by atoms with Crippen LogP contribution in [0.15, 0.2) is 49.9 Å². The molecule has 6 heterocycles. The van der Waals surface area contributed by atoms with Crippen molar-refractivity contribution in [2.24, 2.45) is 0 Å². The number of carbonyl (C=O) groups excluding carboxylic acids is 4. The first kappa shape index (κ1) is 55.0. The van der Waals surface area contributed by atoms with Crippen molar-refractivity contribution in [2.45, 2.75) is 72.8 Å². The number of halogens is 3. The number of aryl methyl sites for hydroxylation is 2. The van der Waals surface area contributed by atoms with Gasteiger partial charge in [-0.3, -0.25) is 14.4 Å². The van der Waals surface area contributed by atoms with Gasteiger partial charge in [0.1, 0.15) is 6.04 Å². The van der Waals surface area contributed by atoms with E-state index in [1.165, 1.54) is 13.4 Å². The van der Waals surface area contributed by atoms with Crippen molar-refractivity contribution < 1.29 is 118 Å². The molecule has 0 spiro atoms. The van der Waals surface area contributed by atoms with Gasteiger partial charge in [-0.05, 0) is 105 Å². The van der Waals surface area contributed by atoms with Crippen LogP contribution in [0, 0.1) is 13.8 Å². The van der Waals surface area contributed by atoms with Gasteiger partial charge in [-0.2, -0.15) is 0 Å². The topological polar surface area (TPSA) is 197 Å². The van der Waals surface area contributed by atoms with Crippen molar-refractivity contribution in [3.8, 4) is 0 Å². The van der Waals surface area contributed by atoms with E-state index in [4.69, 9.17) is 19.4 Å². The second-order valence-electron chi connectivity index (χ2n) is 14.4. The molecule has 0 aliphatic carbocycles. The van der Waals surface area contributed by atoms with Crippen LogP contribution >= 0.6 is 0 Å². The van der Waals surface area contributed by atoms with Crippen molar-refractivity contribution in [3.63, 3.8) is 0 Å².